The zero-order valence-corrected chi connectivity index (χ0v) is 12.9. The van der Waals surface area contributed by atoms with Crippen LogP contribution in [0.1, 0.15) is 6.92 Å². The predicted molar refractivity (Wildman–Crippen MR) is 82.8 cm³/mol. The number of nitrogens with two attached hydrogens (primary N) is 1. The first-order chi connectivity index (χ1) is 9.65. The summed E-state index contributed by atoms with van der Waals surface area (Å²) in [6.07, 6.45) is 3.68. The van der Waals surface area contributed by atoms with Crippen LogP contribution in [0.5, 0.6) is 0 Å². The highest BCUT2D eigenvalue weighted by atomic mass is 79.9. The van der Waals surface area contributed by atoms with Gasteiger partial charge in [-0.2, -0.15) is 0 Å². The van der Waals surface area contributed by atoms with Gasteiger partial charge >= 0.3 is 0 Å². The summed E-state index contributed by atoms with van der Waals surface area (Å²) in [6, 6.07) is 4.01. The van der Waals surface area contributed by atoms with Crippen LogP contribution in [-0.2, 0) is 4.74 Å². The van der Waals surface area contributed by atoms with Crippen molar-refractivity contribution in [2.45, 2.75) is 19.1 Å². The molecule has 2 atom stereocenters. The van der Waals surface area contributed by atoms with Crippen molar-refractivity contribution in [1.82, 2.24) is 9.97 Å². The molecule has 2 aromatic rings. The summed E-state index contributed by atoms with van der Waals surface area (Å²) in [7, 11) is 0. The number of pyridine rings is 2. The van der Waals surface area contributed by atoms with Gasteiger partial charge in [-0.3, -0.25) is 9.97 Å². The van der Waals surface area contributed by atoms with Crippen molar-refractivity contribution < 1.29 is 4.74 Å². The molecule has 1 aliphatic heterocycles. The van der Waals surface area contributed by atoms with Crippen molar-refractivity contribution >= 4 is 32.7 Å². The van der Waals surface area contributed by atoms with Crippen LogP contribution in [0.25, 0.3) is 11.0 Å². The molecule has 20 heavy (non-hydrogen) atoms. The SMILES string of the molecule is CC(N)C1CN(c2ccnc3cc(Br)cnc23)CCO1. The van der Waals surface area contributed by atoms with E-state index in [9.17, 15) is 0 Å². The van der Waals surface area contributed by atoms with Gasteiger partial charge in [0.2, 0.25) is 0 Å². The van der Waals surface area contributed by atoms with Crippen LogP contribution in [0.4, 0.5) is 5.69 Å². The number of rotatable bonds is 2. The van der Waals surface area contributed by atoms with Gasteiger partial charge in [0.15, 0.2) is 0 Å². The fourth-order valence-electron chi connectivity index (χ4n) is 2.46. The zero-order valence-electron chi connectivity index (χ0n) is 11.3. The lowest BCUT2D eigenvalue weighted by atomic mass is 10.1. The van der Waals surface area contributed by atoms with Gasteiger partial charge in [0.25, 0.3) is 0 Å². The molecule has 0 bridgehead atoms. The summed E-state index contributed by atoms with van der Waals surface area (Å²) in [6.45, 7) is 4.30. The van der Waals surface area contributed by atoms with E-state index in [0.717, 1.165) is 34.3 Å². The van der Waals surface area contributed by atoms with Crippen LogP contribution in [0.2, 0.25) is 0 Å². The molecule has 5 nitrogen and oxygen atoms in total. The van der Waals surface area contributed by atoms with Crippen LogP contribution in [0.3, 0.4) is 0 Å². The summed E-state index contributed by atoms with van der Waals surface area (Å²) in [4.78, 5) is 11.2. The third-order valence-electron chi connectivity index (χ3n) is 3.54. The van der Waals surface area contributed by atoms with Gasteiger partial charge in [-0.15, -0.1) is 0 Å². The van der Waals surface area contributed by atoms with Crippen molar-refractivity contribution in [1.29, 1.82) is 0 Å². The summed E-state index contributed by atoms with van der Waals surface area (Å²) in [5.41, 5.74) is 8.86. The molecule has 3 heterocycles. The largest absolute Gasteiger partial charge is 0.373 e. The number of ether oxygens (including phenoxy) is 1. The van der Waals surface area contributed by atoms with Gasteiger partial charge in [-0.1, -0.05) is 0 Å². The van der Waals surface area contributed by atoms with E-state index in [1.807, 2.05) is 25.3 Å². The predicted octanol–water partition coefficient (Wildman–Crippen LogP) is 1.94. The molecule has 2 N–H and O–H groups in total. The lowest BCUT2D eigenvalue weighted by molar-refractivity contribution is 0.0277. The first kappa shape index (κ1) is 13.7. The lowest BCUT2D eigenvalue weighted by Crippen LogP contribution is -2.49. The van der Waals surface area contributed by atoms with Gasteiger partial charge in [0, 0.05) is 36.0 Å². The zero-order chi connectivity index (χ0) is 14.1. The molecule has 1 aliphatic rings. The van der Waals surface area contributed by atoms with Crippen LogP contribution < -0.4 is 10.6 Å². The van der Waals surface area contributed by atoms with Crippen molar-refractivity contribution in [2.24, 2.45) is 5.73 Å². The van der Waals surface area contributed by atoms with E-state index in [1.165, 1.54) is 0 Å². The summed E-state index contributed by atoms with van der Waals surface area (Å²) in [5.74, 6) is 0. The molecule has 0 aromatic carbocycles. The second-order valence-electron chi connectivity index (χ2n) is 5.07. The quantitative estimate of drug-likeness (QED) is 0.907. The monoisotopic (exact) mass is 336 g/mol. The highest BCUT2D eigenvalue weighted by Gasteiger charge is 2.24. The molecule has 0 aliphatic carbocycles. The molecule has 2 aromatic heterocycles. The number of fused-ring (bicyclic) bond motifs is 1. The molecule has 0 spiro atoms. The van der Waals surface area contributed by atoms with Gasteiger partial charge in [0.05, 0.1) is 23.9 Å². The van der Waals surface area contributed by atoms with E-state index in [1.54, 1.807) is 6.20 Å². The van der Waals surface area contributed by atoms with Crippen LogP contribution in [0, 0.1) is 0 Å². The maximum atomic E-state index is 5.95. The summed E-state index contributed by atoms with van der Waals surface area (Å²) in [5, 5.41) is 0. The number of anilines is 1. The van der Waals surface area contributed by atoms with E-state index >= 15 is 0 Å². The Labute approximate surface area is 126 Å². The topological polar surface area (TPSA) is 64.3 Å². The maximum absolute atomic E-state index is 5.95. The van der Waals surface area contributed by atoms with Crippen molar-refractivity contribution in [3.63, 3.8) is 0 Å². The first-order valence-electron chi connectivity index (χ1n) is 6.67. The average molecular weight is 337 g/mol. The Kier molecular flexibility index (Phi) is 3.87. The molecule has 0 saturated carbocycles. The third kappa shape index (κ3) is 2.63. The molecule has 0 amide bonds. The molecular formula is C14H17BrN4O. The van der Waals surface area contributed by atoms with Crippen molar-refractivity contribution in [3.8, 4) is 0 Å². The Morgan fingerprint density at radius 3 is 3.15 bits per heavy atom. The molecule has 2 unspecified atom stereocenters. The minimum atomic E-state index is 0.0213. The molecule has 1 fully saturated rings. The Bertz CT molecular complexity index is 619. The molecule has 6 heteroatoms. The minimum Gasteiger partial charge on any atom is -0.373 e. The van der Waals surface area contributed by atoms with E-state index < -0.39 is 0 Å². The van der Waals surface area contributed by atoms with Crippen molar-refractivity contribution in [3.05, 3.63) is 29.0 Å². The van der Waals surface area contributed by atoms with Gasteiger partial charge < -0.3 is 15.4 Å². The Morgan fingerprint density at radius 1 is 1.50 bits per heavy atom. The van der Waals surface area contributed by atoms with Gasteiger partial charge in [0.1, 0.15) is 5.52 Å². The number of aromatic nitrogens is 2. The van der Waals surface area contributed by atoms with E-state index in [2.05, 4.69) is 30.8 Å². The van der Waals surface area contributed by atoms with E-state index in [4.69, 9.17) is 10.5 Å². The normalized spacial score (nSPS) is 21.1. The molecule has 106 valence electrons. The number of hydrogen-bond donors (Lipinski definition) is 1. The smallest absolute Gasteiger partial charge is 0.112 e. The Balaban J connectivity index is 1.97. The number of morpholine rings is 1. The lowest BCUT2D eigenvalue weighted by Gasteiger charge is -2.36. The number of hydrogen-bond acceptors (Lipinski definition) is 5. The Hall–Kier alpha value is -1.24. The van der Waals surface area contributed by atoms with Gasteiger partial charge in [-0.05, 0) is 35.0 Å². The summed E-state index contributed by atoms with van der Waals surface area (Å²) >= 11 is 3.43. The molecule has 0 radical (unpaired) electrons. The fourth-order valence-corrected chi connectivity index (χ4v) is 2.78. The van der Waals surface area contributed by atoms with E-state index in [0.29, 0.717) is 6.61 Å². The number of nitrogens with zero attached hydrogens (tertiary/aromatic N) is 3. The average Bonchev–Trinajstić information content (AvgIpc) is 2.46. The van der Waals surface area contributed by atoms with Crippen LogP contribution >= 0.6 is 15.9 Å². The maximum Gasteiger partial charge on any atom is 0.112 e. The number of halogens is 1. The molecule has 3 rings (SSSR count). The molecular weight excluding hydrogens is 320 g/mol. The highest BCUT2D eigenvalue weighted by Crippen LogP contribution is 2.27. The van der Waals surface area contributed by atoms with Gasteiger partial charge in [-0.25, -0.2) is 0 Å². The van der Waals surface area contributed by atoms with E-state index in [-0.39, 0.29) is 12.1 Å². The van der Waals surface area contributed by atoms with Crippen molar-refractivity contribution in [2.75, 3.05) is 24.6 Å². The first-order valence-corrected chi connectivity index (χ1v) is 7.47. The van der Waals surface area contributed by atoms with Crippen LogP contribution in [0.15, 0.2) is 29.0 Å². The second kappa shape index (κ2) is 5.63. The Morgan fingerprint density at radius 2 is 2.35 bits per heavy atom. The highest BCUT2D eigenvalue weighted by molar-refractivity contribution is 9.10. The fraction of sp³-hybridized carbons (Fsp3) is 0.429. The second-order valence-corrected chi connectivity index (χ2v) is 5.98. The standard InChI is InChI=1S/C14H17BrN4O/c1-9(16)13-8-19(4-5-20-13)12-2-3-17-11-6-10(15)7-18-14(11)12/h2-3,6-7,9,13H,4-5,8,16H2,1H3. The van der Waals surface area contributed by atoms with Crippen LogP contribution in [-0.4, -0.2) is 41.8 Å². The molecule has 1 saturated heterocycles. The third-order valence-corrected chi connectivity index (χ3v) is 3.98. The minimum absolute atomic E-state index is 0.0213. The summed E-state index contributed by atoms with van der Waals surface area (Å²) < 4.78 is 6.65.